The van der Waals surface area contributed by atoms with Gasteiger partial charge in [0.05, 0.1) is 17.9 Å². The summed E-state index contributed by atoms with van der Waals surface area (Å²) in [5.41, 5.74) is 7.36. The maximum atomic E-state index is 12.3. The summed E-state index contributed by atoms with van der Waals surface area (Å²) in [5.74, 6) is -0.312. The minimum Gasteiger partial charge on any atom is -0.399 e. The van der Waals surface area contributed by atoms with Gasteiger partial charge in [-0.25, -0.2) is 4.68 Å². The first-order valence-electron chi connectivity index (χ1n) is 6.61. The summed E-state index contributed by atoms with van der Waals surface area (Å²) in [6.45, 7) is 0.232. The van der Waals surface area contributed by atoms with E-state index in [1.807, 2.05) is 6.07 Å². The number of rotatable bonds is 2. The molecule has 110 valence electrons. The number of anilines is 1. The Morgan fingerprint density at radius 3 is 2.62 bits per heavy atom. The van der Waals surface area contributed by atoms with E-state index in [2.05, 4.69) is 5.10 Å². The van der Waals surface area contributed by atoms with Crippen molar-refractivity contribution >= 4 is 11.6 Å². The summed E-state index contributed by atoms with van der Waals surface area (Å²) < 4.78 is 1.56. The van der Waals surface area contributed by atoms with Crippen molar-refractivity contribution < 1.29 is 15.0 Å². The number of aliphatic hydroxyl groups excluding tert-OH is 2. The van der Waals surface area contributed by atoms with Crippen LogP contribution in [-0.4, -0.2) is 56.1 Å². The first-order valence-corrected chi connectivity index (χ1v) is 6.61. The van der Waals surface area contributed by atoms with Gasteiger partial charge < -0.3 is 20.8 Å². The van der Waals surface area contributed by atoms with Gasteiger partial charge in [0, 0.05) is 25.0 Å². The van der Waals surface area contributed by atoms with Crippen LogP contribution < -0.4 is 5.73 Å². The molecule has 7 heteroatoms. The van der Waals surface area contributed by atoms with E-state index in [9.17, 15) is 15.0 Å². The molecule has 7 nitrogen and oxygen atoms in total. The highest BCUT2D eigenvalue weighted by Crippen LogP contribution is 2.15. The second-order valence-corrected chi connectivity index (χ2v) is 5.09. The number of carbonyl (C=O) groups excluding carboxylic acids is 1. The lowest BCUT2D eigenvalue weighted by Gasteiger charge is -2.13. The van der Waals surface area contributed by atoms with Crippen molar-refractivity contribution in [1.29, 1.82) is 0 Å². The molecule has 0 spiro atoms. The van der Waals surface area contributed by atoms with Crippen LogP contribution in [0.3, 0.4) is 0 Å². The number of nitrogens with two attached hydrogens (primary N) is 1. The quantitative estimate of drug-likeness (QED) is 0.654. The van der Waals surface area contributed by atoms with Crippen molar-refractivity contribution in [2.45, 2.75) is 12.2 Å². The number of aliphatic hydroxyl groups is 2. The zero-order chi connectivity index (χ0) is 15.0. The average Bonchev–Trinajstić information content (AvgIpc) is 3.06. The Labute approximate surface area is 121 Å². The summed E-state index contributed by atoms with van der Waals surface area (Å²) in [6, 6.07) is 8.77. The number of β-amino-alcohol motifs (C(OH)–C–C–N with tert-alkyl or cyclic N) is 2. The summed E-state index contributed by atoms with van der Waals surface area (Å²) in [4.78, 5) is 13.6. The molecule has 21 heavy (non-hydrogen) atoms. The first-order chi connectivity index (χ1) is 10.0. The smallest absolute Gasteiger partial charge is 0.274 e. The third-order valence-electron chi connectivity index (χ3n) is 3.49. The van der Waals surface area contributed by atoms with E-state index in [0.29, 0.717) is 5.69 Å². The molecule has 1 aromatic carbocycles. The number of hydrogen-bond donors (Lipinski definition) is 3. The molecule has 1 saturated heterocycles. The highest BCUT2D eigenvalue weighted by atomic mass is 16.3. The molecule has 1 amide bonds. The number of benzene rings is 1. The van der Waals surface area contributed by atoms with E-state index in [4.69, 9.17) is 5.73 Å². The maximum Gasteiger partial charge on any atom is 0.274 e. The predicted octanol–water partition coefficient (Wildman–Crippen LogP) is -0.368. The second-order valence-electron chi connectivity index (χ2n) is 5.09. The van der Waals surface area contributed by atoms with Crippen LogP contribution in [0.25, 0.3) is 5.69 Å². The summed E-state index contributed by atoms with van der Waals surface area (Å²) >= 11 is 0. The van der Waals surface area contributed by atoms with Crippen molar-refractivity contribution in [1.82, 2.24) is 14.7 Å². The SMILES string of the molecule is Nc1cccc(-n2ccc(C(=O)N3C[C@@H](O)[C@@H](O)C3)n2)c1. The third kappa shape index (κ3) is 2.61. The van der Waals surface area contributed by atoms with Gasteiger partial charge in [-0.1, -0.05) is 6.07 Å². The molecule has 2 aromatic rings. The van der Waals surface area contributed by atoms with E-state index >= 15 is 0 Å². The molecular weight excluding hydrogens is 272 g/mol. The van der Waals surface area contributed by atoms with Gasteiger partial charge in [-0.15, -0.1) is 0 Å². The van der Waals surface area contributed by atoms with E-state index in [1.165, 1.54) is 4.90 Å². The number of aromatic nitrogens is 2. The number of carbonyl (C=O) groups is 1. The molecule has 1 aliphatic rings. The van der Waals surface area contributed by atoms with Gasteiger partial charge in [0.15, 0.2) is 5.69 Å². The topological polar surface area (TPSA) is 105 Å². The van der Waals surface area contributed by atoms with Gasteiger partial charge >= 0.3 is 0 Å². The van der Waals surface area contributed by atoms with Crippen LogP contribution in [0.4, 0.5) is 5.69 Å². The van der Waals surface area contributed by atoms with E-state index < -0.39 is 12.2 Å². The fraction of sp³-hybridized carbons (Fsp3) is 0.286. The Balaban J connectivity index is 1.80. The van der Waals surface area contributed by atoms with Gasteiger partial charge in [-0.2, -0.15) is 5.10 Å². The standard InChI is InChI=1S/C14H16N4O3/c15-9-2-1-3-10(6-9)18-5-4-11(16-18)14(21)17-7-12(19)13(20)8-17/h1-6,12-13,19-20H,7-8,15H2/t12-,13+. The van der Waals surface area contributed by atoms with E-state index in [-0.39, 0.29) is 24.7 Å². The fourth-order valence-electron chi connectivity index (χ4n) is 2.35. The van der Waals surface area contributed by atoms with Crippen LogP contribution in [0.15, 0.2) is 36.5 Å². The molecule has 0 bridgehead atoms. The van der Waals surface area contributed by atoms with Crippen molar-refractivity contribution in [2.75, 3.05) is 18.8 Å². The molecule has 4 N–H and O–H groups in total. The second kappa shape index (κ2) is 5.19. The number of nitrogens with zero attached hydrogens (tertiary/aromatic N) is 3. The Morgan fingerprint density at radius 2 is 1.95 bits per heavy atom. The van der Waals surface area contributed by atoms with E-state index in [1.54, 1.807) is 35.1 Å². The van der Waals surface area contributed by atoms with Crippen molar-refractivity contribution in [3.63, 3.8) is 0 Å². The zero-order valence-corrected chi connectivity index (χ0v) is 11.3. The number of likely N-dealkylation sites (tertiary alicyclic amines) is 1. The molecular formula is C14H16N4O3. The van der Waals surface area contributed by atoms with Crippen LogP contribution in [0.1, 0.15) is 10.5 Å². The largest absolute Gasteiger partial charge is 0.399 e. The average molecular weight is 288 g/mol. The number of nitrogen functional groups attached to an aromatic ring is 1. The molecule has 2 heterocycles. The predicted molar refractivity (Wildman–Crippen MR) is 75.9 cm³/mol. The zero-order valence-electron chi connectivity index (χ0n) is 11.3. The van der Waals surface area contributed by atoms with Crippen molar-refractivity contribution in [2.24, 2.45) is 0 Å². The minimum absolute atomic E-state index is 0.116. The van der Waals surface area contributed by atoms with Gasteiger partial charge in [-0.3, -0.25) is 4.79 Å². The van der Waals surface area contributed by atoms with Crippen LogP contribution >= 0.6 is 0 Å². The molecule has 3 rings (SSSR count). The Morgan fingerprint density at radius 1 is 1.24 bits per heavy atom. The molecule has 0 aliphatic carbocycles. The summed E-state index contributed by atoms with van der Waals surface area (Å²) in [7, 11) is 0. The van der Waals surface area contributed by atoms with Crippen LogP contribution in [0.2, 0.25) is 0 Å². The highest BCUT2D eigenvalue weighted by Gasteiger charge is 2.33. The molecule has 1 fully saturated rings. The Hall–Kier alpha value is -2.38. The van der Waals surface area contributed by atoms with Crippen LogP contribution in [-0.2, 0) is 0 Å². The Kier molecular flexibility index (Phi) is 3.36. The van der Waals surface area contributed by atoms with E-state index in [0.717, 1.165) is 5.69 Å². The van der Waals surface area contributed by atoms with Gasteiger partial charge in [-0.05, 0) is 24.3 Å². The van der Waals surface area contributed by atoms with Crippen LogP contribution in [0, 0.1) is 0 Å². The monoisotopic (exact) mass is 288 g/mol. The first kappa shape index (κ1) is 13.6. The summed E-state index contributed by atoms with van der Waals surface area (Å²) in [5, 5.41) is 23.2. The fourth-order valence-corrected chi connectivity index (χ4v) is 2.35. The number of hydrogen-bond acceptors (Lipinski definition) is 5. The molecule has 1 aromatic heterocycles. The number of amides is 1. The lowest BCUT2D eigenvalue weighted by atomic mass is 10.3. The van der Waals surface area contributed by atoms with Gasteiger partial charge in [0.1, 0.15) is 0 Å². The van der Waals surface area contributed by atoms with Crippen LogP contribution in [0.5, 0.6) is 0 Å². The summed E-state index contributed by atoms with van der Waals surface area (Å²) in [6.07, 6.45) is -0.125. The molecule has 0 saturated carbocycles. The molecule has 0 radical (unpaired) electrons. The Bertz CT molecular complexity index is 660. The minimum atomic E-state index is -0.898. The lowest BCUT2D eigenvalue weighted by Crippen LogP contribution is -2.30. The molecule has 1 aliphatic heterocycles. The molecule has 2 atom stereocenters. The highest BCUT2D eigenvalue weighted by molar-refractivity contribution is 5.92. The van der Waals surface area contributed by atoms with Crippen molar-refractivity contribution in [3.05, 3.63) is 42.2 Å². The van der Waals surface area contributed by atoms with Gasteiger partial charge in [0.2, 0.25) is 0 Å². The van der Waals surface area contributed by atoms with Crippen molar-refractivity contribution in [3.8, 4) is 5.69 Å². The lowest BCUT2D eigenvalue weighted by molar-refractivity contribution is 0.0572. The normalized spacial score (nSPS) is 21.7. The maximum absolute atomic E-state index is 12.3. The third-order valence-corrected chi connectivity index (χ3v) is 3.49. The molecule has 0 unspecified atom stereocenters. The van der Waals surface area contributed by atoms with Gasteiger partial charge in [0.25, 0.3) is 5.91 Å².